The van der Waals surface area contributed by atoms with E-state index >= 15 is 0 Å². The van der Waals surface area contributed by atoms with Crippen molar-refractivity contribution in [2.24, 2.45) is 4.99 Å². The molecule has 0 unspecified atom stereocenters. The van der Waals surface area contributed by atoms with E-state index in [1.807, 2.05) is 54.6 Å². The van der Waals surface area contributed by atoms with E-state index in [1.165, 1.54) is 0 Å². The molecule has 21 heavy (non-hydrogen) atoms. The van der Waals surface area contributed by atoms with Gasteiger partial charge in [-0.2, -0.15) is 0 Å². The first-order valence-corrected chi connectivity index (χ1v) is 6.60. The quantitative estimate of drug-likeness (QED) is 0.527. The zero-order chi connectivity index (χ0) is 14.5. The topological polar surface area (TPSA) is 42.6 Å². The molecule has 0 saturated carbocycles. The van der Waals surface area contributed by atoms with Crippen molar-refractivity contribution >= 4 is 17.7 Å². The Morgan fingerprint density at radius 2 is 1.57 bits per heavy atom. The van der Waals surface area contributed by atoms with Crippen molar-refractivity contribution in [3.05, 3.63) is 89.9 Å². The Balaban J connectivity index is 1.77. The molecule has 3 rings (SSSR count). The van der Waals surface area contributed by atoms with E-state index in [0.29, 0.717) is 16.9 Å². The van der Waals surface area contributed by atoms with Gasteiger partial charge in [0.1, 0.15) is 5.76 Å². The molecule has 0 amide bonds. The molecule has 0 fully saturated rings. The number of hydrogen-bond donors (Lipinski definition) is 0. The van der Waals surface area contributed by atoms with Gasteiger partial charge in [-0.3, -0.25) is 9.79 Å². The molecular weight excluding hydrogens is 262 g/mol. The van der Waals surface area contributed by atoms with E-state index in [2.05, 4.69) is 4.99 Å². The summed E-state index contributed by atoms with van der Waals surface area (Å²) in [7, 11) is 0. The van der Waals surface area contributed by atoms with E-state index in [0.717, 1.165) is 5.69 Å². The van der Waals surface area contributed by atoms with E-state index in [9.17, 15) is 4.79 Å². The second-order valence-corrected chi connectivity index (χ2v) is 4.52. The number of aliphatic imine (C=N–C) groups is 1. The summed E-state index contributed by atoms with van der Waals surface area (Å²) in [4.78, 5) is 16.5. The Labute approximate surface area is 122 Å². The van der Waals surface area contributed by atoms with Crippen LogP contribution in [0.25, 0.3) is 0 Å². The van der Waals surface area contributed by atoms with Crippen molar-refractivity contribution < 1.29 is 9.21 Å². The molecule has 0 N–H and O–H groups in total. The Morgan fingerprint density at radius 1 is 0.857 bits per heavy atom. The Hall–Kier alpha value is -2.94. The fraction of sp³-hybridized carbons (Fsp3) is 0. The lowest BCUT2D eigenvalue weighted by Crippen LogP contribution is -2.00. The van der Waals surface area contributed by atoms with Crippen LogP contribution in [0.4, 0.5) is 5.69 Å². The monoisotopic (exact) mass is 275 g/mol. The van der Waals surface area contributed by atoms with E-state index in [-0.39, 0.29) is 5.78 Å². The lowest BCUT2D eigenvalue weighted by molar-refractivity contribution is 0.103. The maximum atomic E-state index is 12.2. The number of carbonyl (C=O) groups excluding carboxylic acids is 1. The maximum absolute atomic E-state index is 12.2. The Morgan fingerprint density at radius 3 is 2.24 bits per heavy atom. The molecule has 3 heteroatoms. The van der Waals surface area contributed by atoms with Crippen molar-refractivity contribution in [1.29, 1.82) is 0 Å². The van der Waals surface area contributed by atoms with Crippen molar-refractivity contribution in [2.45, 2.75) is 0 Å². The summed E-state index contributed by atoms with van der Waals surface area (Å²) in [5.74, 6) is 0.705. The average molecular weight is 275 g/mol. The highest BCUT2D eigenvalue weighted by Crippen LogP contribution is 2.16. The van der Waals surface area contributed by atoms with Crippen LogP contribution in [0.5, 0.6) is 0 Å². The molecule has 1 aromatic heterocycles. The van der Waals surface area contributed by atoms with Gasteiger partial charge in [0.25, 0.3) is 0 Å². The van der Waals surface area contributed by atoms with Crippen LogP contribution in [0, 0.1) is 0 Å². The highest BCUT2D eigenvalue weighted by atomic mass is 16.3. The summed E-state index contributed by atoms with van der Waals surface area (Å²) in [6.45, 7) is 0. The van der Waals surface area contributed by atoms with Gasteiger partial charge in [-0.15, -0.1) is 0 Å². The fourth-order valence-electron chi connectivity index (χ4n) is 1.96. The largest absolute Gasteiger partial charge is 0.463 e. The lowest BCUT2D eigenvalue weighted by atomic mass is 10.0. The van der Waals surface area contributed by atoms with Gasteiger partial charge in [-0.05, 0) is 36.4 Å². The van der Waals surface area contributed by atoms with Gasteiger partial charge in [-0.1, -0.05) is 30.3 Å². The summed E-state index contributed by atoms with van der Waals surface area (Å²) < 4.78 is 5.17. The van der Waals surface area contributed by atoms with Crippen molar-refractivity contribution in [2.75, 3.05) is 0 Å². The molecule has 3 nitrogen and oxygen atoms in total. The second-order valence-electron chi connectivity index (χ2n) is 4.52. The number of rotatable bonds is 4. The molecule has 0 radical (unpaired) electrons. The molecule has 3 aromatic rings. The Kier molecular flexibility index (Phi) is 3.74. The standard InChI is InChI=1S/C18H13NO2/c20-18(14-5-2-1-3-6-14)15-8-10-16(11-9-15)19-13-17-7-4-12-21-17/h1-13H. The molecule has 0 atom stereocenters. The van der Waals surface area contributed by atoms with Gasteiger partial charge in [0.15, 0.2) is 5.78 Å². The molecular formula is C18H13NO2. The highest BCUT2D eigenvalue weighted by Gasteiger charge is 2.07. The van der Waals surface area contributed by atoms with Gasteiger partial charge in [0.05, 0.1) is 18.2 Å². The number of carbonyl (C=O) groups is 1. The number of ketones is 1. The van der Waals surface area contributed by atoms with Gasteiger partial charge in [0, 0.05) is 11.1 Å². The van der Waals surface area contributed by atoms with E-state index in [1.54, 1.807) is 24.6 Å². The molecule has 0 aliphatic rings. The third-order valence-electron chi connectivity index (χ3n) is 3.05. The van der Waals surface area contributed by atoms with Crippen LogP contribution in [0.2, 0.25) is 0 Å². The molecule has 1 heterocycles. The van der Waals surface area contributed by atoms with Crippen LogP contribution >= 0.6 is 0 Å². The van der Waals surface area contributed by atoms with Crippen molar-refractivity contribution in [3.8, 4) is 0 Å². The Bertz CT molecular complexity index is 742. The highest BCUT2D eigenvalue weighted by molar-refractivity contribution is 6.09. The fourth-order valence-corrected chi connectivity index (χ4v) is 1.96. The SMILES string of the molecule is O=C(c1ccccc1)c1ccc(N=Cc2ccco2)cc1. The molecule has 0 aliphatic carbocycles. The summed E-state index contributed by atoms with van der Waals surface area (Å²) in [6, 6.07) is 20.1. The molecule has 0 saturated heterocycles. The third-order valence-corrected chi connectivity index (χ3v) is 3.05. The van der Waals surface area contributed by atoms with Gasteiger partial charge in [-0.25, -0.2) is 0 Å². The first-order valence-electron chi connectivity index (χ1n) is 6.60. The molecule has 102 valence electrons. The smallest absolute Gasteiger partial charge is 0.193 e. The summed E-state index contributed by atoms with van der Waals surface area (Å²) in [5, 5.41) is 0. The third kappa shape index (κ3) is 3.15. The van der Waals surface area contributed by atoms with Crippen LogP contribution in [-0.4, -0.2) is 12.0 Å². The zero-order valence-electron chi connectivity index (χ0n) is 11.3. The number of benzene rings is 2. The predicted octanol–water partition coefficient (Wildman–Crippen LogP) is 4.26. The van der Waals surface area contributed by atoms with Crippen LogP contribution in [-0.2, 0) is 0 Å². The normalized spacial score (nSPS) is 10.9. The van der Waals surface area contributed by atoms with E-state index in [4.69, 9.17) is 4.42 Å². The molecule has 0 aliphatic heterocycles. The minimum atomic E-state index is 0.0113. The molecule has 0 spiro atoms. The number of furan rings is 1. The van der Waals surface area contributed by atoms with Crippen molar-refractivity contribution in [3.63, 3.8) is 0 Å². The van der Waals surface area contributed by atoms with E-state index < -0.39 is 0 Å². The van der Waals surface area contributed by atoms with Crippen LogP contribution in [0.1, 0.15) is 21.7 Å². The summed E-state index contributed by atoms with van der Waals surface area (Å²) in [5.41, 5.74) is 2.11. The van der Waals surface area contributed by atoms with Gasteiger partial charge in [0.2, 0.25) is 0 Å². The minimum Gasteiger partial charge on any atom is -0.463 e. The molecule has 0 bridgehead atoms. The number of hydrogen-bond acceptors (Lipinski definition) is 3. The van der Waals surface area contributed by atoms with Gasteiger partial charge < -0.3 is 4.42 Å². The van der Waals surface area contributed by atoms with Gasteiger partial charge >= 0.3 is 0 Å². The van der Waals surface area contributed by atoms with Crippen LogP contribution in [0.15, 0.2) is 82.4 Å². The summed E-state index contributed by atoms with van der Waals surface area (Å²) in [6.07, 6.45) is 3.25. The lowest BCUT2D eigenvalue weighted by Gasteiger charge is -2.01. The summed E-state index contributed by atoms with van der Waals surface area (Å²) >= 11 is 0. The van der Waals surface area contributed by atoms with Crippen LogP contribution in [0.3, 0.4) is 0 Å². The first kappa shape index (κ1) is 13.1. The average Bonchev–Trinajstić information content (AvgIpc) is 3.07. The molecule has 2 aromatic carbocycles. The first-order chi connectivity index (χ1) is 10.3. The van der Waals surface area contributed by atoms with Crippen molar-refractivity contribution in [1.82, 2.24) is 0 Å². The minimum absolute atomic E-state index is 0.0113. The van der Waals surface area contributed by atoms with Crippen LogP contribution < -0.4 is 0 Å². The second kappa shape index (κ2) is 6.01. The predicted molar refractivity (Wildman–Crippen MR) is 82.3 cm³/mol. The number of nitrogens with zero attached hydrogens (tertiary/aromatic N) is 1. The zero-order valence-corrected chi connectivity index (χ0v) is 11.3. The maximum Gasteiger partial charge on any atom is 0.193 e.